The molecule has 19 heavy (non-hydrogen) atoms. The molecule has 0 radical (unpaired) electrons. The minimum absolute atomic E-state index is 0.148. The molecule has 5 nitrogen and oxygen atoms in total. The van der Waals surface area contributed by atoms with Crippen molar-refractivity contribution in [2.75, 3.05) is 24.5 Å². The van der Waals surface area contributed by atoms with Crippen LogP contribution < -0.4 is 10.2 Å². The van der Waals surface area contributed by atoms with E-state index in [4.69, 9.17) is 5.11 Å². The molecule has 0 aromatic carbocycles. The van der Waals surface area contributed by atoms with Gasteiger partial charge in [0.05, 0.1) is 0 Å². The van der Waals surface area contributed by atoms with Crippen molar-refractivity contribution < 1.29 is 14.3 Å². The van der Waals surface area contributed by atoms with E-state index in [0.29, 0.717) is 6.54 Å². The van der Waals surface area contributed by atoms with E-state index < -0.39 is 11.8 Å². The average molecular weight is 267 g/mol. The van der Waals surface area contributed by atoms with E-state index in [2.05, 4.69) is 10.3 Å². The molecule has 0 spiro atoms. The van der Waals surface area contributed by atoms with Gasteiger partial charge in [-0.05, 0) is 38.9 Å². The lowest BCUT2D eigenvalue weighted by molar-refractivity contribution is 0.0691. The fourth-order valence-corrected chi connectivity index (χ4v) is 2.50. The summed E-state index contributed by atoms with van der Waals surface area (Å²) >= 11 is 0. The van der Waals surface area contributed by atoms with Crippen molar-refractivity contribution >= 4 is 11.8 Å². The average Bonchev–Trinajstić information content (AvgIpc) is 2.42. The highest BCUT2D eigenvalue weighted by atomic mass is 19.1. The van der Waals surface area contributed by atoms with E-state index in [0.717, 1.165) is 25.9 Å². The van der Waals surface area contributed by atoms with E-state index in [1.54, 1.807) is 0 Å². The van der Waals surface area contributed by atoms with Gasteiger partial charge in [-0.3, -0.25) is 0 Å². The van der Waals surface area contributed by atoms with Crippen molar-refractivity contribution in [1.29, 1.82) is 0 Å². The number of anilines is 1. The number of piperidine rings is 1. The van der Waals surface area contributed by atoms with E-state index in [1.165, 1.54) is 12.3 Å². The number of pyridine rings is 1. The Kier molecular flexibility index (Phi) is 4.31. The summed E-state index contributed by atoms with van der Waals surface area (Å²) in [6, 6.07) is 1.40. The second-order valence-corrected chi connectivity index (χ2v) is 4.57. The Hall–Kier alpha value is -1.69. The number of hydrogen-bond donors (Lipinski definition) is 2. The largest absolute Gasteiger partial charge is 0.478 e. The lowest BCUT2D eigenvalue weighted by atomic mass is 10.0. The molecule has 2 heterocycles. The molecule has 0 aliphatic carbocycles. The number of hydrogen-bond acceptors (Lipinski definition) is 4. The van der Waals surface area contributed by atoms with Gasteiger partial charge in [-0.25, -0.2) is 14.2 Å². The standard InChI is InChI=1S/C13H18FN3O2/c1-2-17(9-3-6-15-7-4-9)12-11(14)10(13(18)19)5-8-16-12/h5,8-9,15H,2-4,6-7H2,1H3,(H,18,19). The van der Waals surface area contributed by atoms with Gasteiger partial charge in [-0.2, -0.15) is 0 Å². The summed E-state index contributed by atoms with van der Waals surface area (Å²) < 4.78 is 14.2. The van der Waals surface area contributed by atoms with Crippen LogP contribution in [0.1, 0.15) is 30.1 Å². The van der Waals surface area contributed by atoms with Crippen molar-refractivity contribution in [3.8, 4) is 0 Å². The first-order valence-corrected chi connectivity index (χ1v) is 6.50. The van der Waals surface area contributed by atoms with Crippen molar-refractivity contribution in [1.82, 2.24) is 10.3 Å². The molecular formula is C13H18FN3O2. The molecule has 0 bridgehead atoms. The van der Waals surface area contributed by atoms with Crippen LogP contribution in [0.3, 0.4) is 0 Å². The van der Waals surface area contributed by atoms with E-state index in [9.17, 15) is 9.18 Å². The van der Waals surface area contributed by atoms with E-state index >= 15 is 0 Å². The molecule has 0 unspecified atom stereocenters. The summed E-state index contributed by atoms with van der Waals surface area (Å²) in [4.78, 5) is 16.9. The molecule has 1 saturated heterocycles. The molecule has 1 aromatic rings. The fraction of sp³-hybridized carbons (Fsp3) is 0.538. The Morgan fingerprint density at radius 1 is 1.58 bits per heavy atom. The molecule has 2 N–H and O–H groups in total. The maximum Gasteiger partial charge on any atom is 0.338 e. The Balaban J connectivity index is 2.32. The number of rotatable bonds is 4. The first-order valence-electron chi connectivity index (χ1n) is 6.50. The number of carboxylic acids is 1. The molecule has 0 atom stereocenters. The monoisotopic (exact) mass is 267 g/mol. The van der Waals surface area contributed by atoms with Crippen molar-refractivity contribution in [3.63, 3.8) is 0 Å². The number of aromatic nitrogens is 1. The fourth-order valence-electron chi connectivity index (χ4n) is 2.50. The van der Waals surface area contributed by atoms with Crippen LogP contribution in [0.2, 0.25) is 0 Å². The Bertz CT molecular complexity index is 461. The Morgan fingerprint density at radius 2 is 2.26 bits per heavy atom. The lowest BCUT2D eigenvalue weighted by Crippen LogP contribution is -2.44. The lowest BCUT2D eigenvalue weighted by Gasteiger charge is -2.35. The Labute approximate surface area is 111 Å². The summed E-state index contributed by atoms with van der Waals surface area (Å²) in [6.07, 6.45) is 3.17. The highest BCUT2D eigenvalue weighted by molar-refractivity contribution is 5.88. The van der Waals surface area contributed by atoms with Crippen LogP contribution in [0, 0.1) is 5.82 Å². The van der Waals surface area contributed by atoms with Gasteiger partial charge in [0.2, 0.25) is 0 Å². The molecule has 0 saturated carbocycles. The summed E-state index contributed by atoms with van der Waals surface area (Å²) in [5.41, 5.74) is -0.322. The van der Waals surface area contributed by atoms with Crippen LogP contribution >= 0.6 is 0 Å². The molecule has 6 heteroatoms. The molecular weight excluding hydrogens is 249 g/mol. The summed E-state index contributed by atoms with van der Waals surface area (Å²) in [5.74, 6) is -1.85. The summed E-state index contributed by atoms with van der Waals surface area (Å²) in [7, 11) is 0. The molecule has 1 fully saturated rings. The third-order valence-corrected chi connectivity index (χ3v) is 3.46. The van der Waals surface area contributed by atoms with Crippen LogP contribution in [0.4, 0.5) is 10.2 Å². The predicted octanol–water partition coefficient (Wildman–Crippen LogP) is 1.50. The van der Waals surface area contributed by atoms with Gasteiger partial charge >= 0.3 is 5.97 Å². The first kappa shape index (κ1) is 13.7. The highest BCUT2D eigenvalue weighted by Gasteiger charge is 2.25. The Morgan fingerprint density at radius 3 is 2.84 bits per heavy atom. The van der Waals surface area contributed by atoms with Gasteiger partial charge in [-0.15, -0.1) is 0 Å². The van der Waals surface area contributed by atoms with E-state index in [-0.39, 0.29) is 17.4 Å². The number of aromatic carboxylic acids is 1. The van der Waals surface area contributed by atoms with Crippen LogP contribution in [-0.4, -0.2) is 41.7 Å². The second kappa shape index (κ2) is 5.97. The molecule has 1 aliphatic rings. The number of halogens is 1. The zero-order valence-corrected chi connectivity index (χ0v) is 10.9. The number of carbonyl (C=O) groups is 1. The topological polar surface area (TPSA) is 65.5 Å². The number of nitrogens with one attached hydrogen (secondary N) is 1. The van der Waals surface area contributed by atoms with Crippen molar-refractivity contribution in [2.45, 2.75) is 25.8 Å². The highest BCUT2D eigenvalue weighted by Crippen LogP contribution is 2.24. The summed E-state index contributed by atoms with van der Waals surface area (Å²) in [5, 5.41) is 12.2. The van der Waals surface area contributed by atoms with Crippen LogP contribution in [0.25, 0.3) is 0 Å². The molecule has 1 aliphatic heterocycles. The van der Waals surface area contributed by atoms with Gasteiger partial charge in [-0.1, -0.05) is 0 Å². The van der Waals surface area contributed by atoms with Gasteiger partial charge < -0.3 is 15.3 Å². The minimum Gasteiger partial charge on any atom is -0.478 e. The van der Waals surface area contributed by atoms with Crippen LogP contribution in [0.5, 0.6) is 0 Å². The smallest absolute Gasteiger partial charge is 0.338 e. The minimum atomic E-state index is -1.26. The normalized spacial score (nSPS) is 16.3. The molecule has 1 aromatic heterocycles. The third-order valence-electron chi connectivity index (χ3n) is 3.46. The number of nitrogens with zero attached hydrogens (tertiary/aromatic N) is 2. The van der Waals surface area contributed by atoms with Gasteiger partial charge in [0.25, 0.3) is 0 Å². The van der Waals surface area contributed by atoms with Crippen LogP contribution in [0.15, 0.2) is 12.3 Å². The van der Waals surface area contributed by atoms with Crippen molar-refractivity contribution in [2.24, 2.45) is 0 Å². The van der Waals surface area contributed by atoms with Crippen molar-refractivity contribution in [3.05, 3.63) is 23.6 Å². The SMILES string of the molecule is CCN(c1nccc(C(=O)O)c1F)C1CCNCC1. The molecule has 104 valence electrons. The van der Waals surface area contributed by atoms with Gasteiger partial charge in [0.1, 0.15) is 5.56 Å². The predicted molar refractivity (Wildman–Crippen MR) is 70.1 cm³/mol. The van der Waals surface area contributed by atoms with Gasteiger partial charge in [0, 0.05) is 18.8 Å². The second-order valence-electron chi connectivity index (χ2n) is 4.57. The molecule has 2 rings (SSSR count). The number of carboxylic acid groups (broad SMARTS) is 1. The third kappa shape index (κ3) is 2.84. The summed E-state index contributed by atoms with van der Waals surface area (Å²) in [6.45, 7) is 4.32. The zero-order chi connectivity index (χ0) is 13.8. The van der Waals surface area contributed by atoms with Gasteiger partial charge in [0.15, 0.2) is 11.6 Å². The first-order chi connectivity index (χ1) is 9.15. The van der Waals surface area contributed by atoms with E-state index in [1.807, 2.05) is 11.8 Å². The quantitative estimate of drug-likeness (QED) is 0.865. The van der Waals surface area contributed by atoms with Crippen LogP contribution in [-0.2, 0) is 0 Å². The zero-order valence-electron chi connectivity index (χ0n) is 10.9. The maximum absolute atomic E-state index is 14.2. The molecule has 0 amide bonds. The maximum atomic E-state index is 14.2.